The smallest absolute Gasteiger partial charge is 0.290 e. The number of halogens is 1. The van der Waals surface area contributed by atoms with Crippen LogP contribution in [0.25, 0.3) is 11.0 Å². The molecule has 0 spiro atoms. The number of Topliss-reactive ketones (excluding diaryl/α,β-unsaturated/α-hetero) is 1. The lowest BCUT2D eigenvalue weighted by Crippen LogP contribution is -2.32. The maximum Gasteiger partial charge on any atom is 0.290 e. The van der Waals surface area contributed by atoms with E-state index in [2.05, 4.69) is 15.9 Å². The van der Waals surface area contributed by atoms with Crippen LogP contribution in [0.1, 0.15) is 35.5 Å². The molecule has 1 unspecified atom stereocenters. The van der Waals surface area contributed by atoms with Gasteiger partial charge in [0.25, 0.3) is 5.91 Å². The molecule has 2 aromatic carbocycles. The molecule has 0 aliphatic carbocycles. The number of benzene rings is 2. The summed E-state index contributed by atoms with van der Waals surface area (Å²) in [6.45, 7) is 2.75. The number of rotatable bonds is 9. The fourth-order valence-electron chi connectivity index (χ4n) is 4.07. The molecule has 1 aliphatic rings. The number of ketones is 1. The average Bonchev–Trinajstić information content (AvgIpc) is 3.34. The minimum absolute atomic E-state index is 0.00926. The summed E-state index contributed by atoms with van der Waals surface area (Å²) in [7, 11) is 1.56. The summed E-state index contributed by atoms with van der Waals surface area (Å²) in [4.78, 5) is 28.0. The van der Waals surface area contributed by atoms with Crippen molar-refractivity contribution in [3.8, 4) is 11.5 Å². The molecular weight excluding hydrogens is 506 g/mol. The number of ether oxygens (including phenoxy) is 2. The van der Waals surface area contributed by atoms with E-state index in [0.717, 1.165) is 4.47 Å². The summed E-state index contributed by atoms with van der Waals surface area (Å²) in [5.74, 6) is -1.71. The van der Waals surface area contributed by atoms with E-state index < -0.39 is 23.5 Å². The first kappa shape index (κ1) is 23.8. The van der Waals surface area contributed by atoms with Gasteiger partial charge in [0.15, 0.2) is 23.0 Å². The number of aromatic hydroxyl groups is 1. The lowest BCUT2D eigenvalue weighted by molar-refractivity contribution is -0.129. The molecule has 1 aromatic heterocycles. The van der Waals surface area contributed by atoms with Crippen molar-refractivity contribution in [2.45, 2.75) is 19.4 Å². The number of fused-ring (bicyclic) bond motifs is 1. The summed E-state index contributed by atoms with van der Waals surface area (Å²) >= 11 is 3.40. The molecule has 0 fully saturated rings. The summed E-state index contributed by atoms with van der Waals surface area (Å²) in [5, 5.41) is 21.6. The Kier molecular flexibility index (Phi) is 6.95. The van der Waals surface area contributed by atoms with Crippen LogP contribution >= 0.6 is 15.9 Å². The van der Waals surface area contributed by atoms with Gasteiger partial charge >= 0.3 is 0 Å². The lowest BCUT2D eigenvalue weighted by atomic mass is 9.94. The highest BCUT2D eigenvalue weighted by atomic mass is 79.9. The van der Waals surface area contributed by atoms with E-state index in [9.17, 15) is 19.8 Å². The highest BCUT2D eigenvalue weighted by Crippen LogP contribution is 2.42. The van der Waals surface area contributed by atoms with Crippen molar-refractivity contribution < 1.29 is 33.7 Å². The minimum Gasteiger partial charge on any atom is -0.504 e. The number of phenols is 1. The van der Waals surface area contributed by atoms with Gasteiger partial charge in [0.1, 0.15) is 5.58 Å². The number of nitrogens with zero attached hydrogens (tertiary/aromatic N) is 1. The minimum atomic E-state index is -0.892. The van der Waals surface area contributed by atoms with Crippen LogP contribution in [0.5, 0.6) is 11.5 Å². The Hall–Kier alpha value is -3.30. The van der Waals surface area contributed by atoms with Gasteiger partial charge in [-0.25, -0.2) is 0 Å². The van der Waals surface area contributed by atoms with Gasteiger partial charge in [0.2, 0.25) is 5.78 Å². The monoisotopic (exact) mass is 529 g/mol. The van der Waals surface area contributed by atoms with Gasteiger partial charge < -0.3 is 29.0 Å². The first-order valence-electron chi connectivity index (χ1n) is 10.8. The van der Waals surface area contributed by atoms with Crippen LogP contribution < -0.4 is 4.74 Å². The van der Waals surface area contributed by atoms with E-state index in [1.807, 2.05) is 6.07 Å². The van der Waals surface area contributed by atoms with Gasteiger partial charge in [-0.05, 0) is 55.3 Å². The van der Waals surface area contributed by atoms with Crippen LogP contribution in [0.4, 0.5) is 0 Å². The van der Waals surface area contributed by atoms with Gasteiger partial charge in [-0.3, -0.25) is 9.59 Å². The summed E-state index contributed by atoms with van der Waals surface area (Å²) < 4.78 is 17.2. The number of phenolic OH excluding ortho intramolecular Hbond substituents is 1. The second-order valence-corrected chi connectivity index (χ2v) is 8.71. The molecule has 2 N–H and O–H groups in total. The van der Waals surface area contributed by atoms with E-state index in [4.69, 9.17) is 13.9 Å². The zero-order chi connectivity index (χ0) is 24.4. The SMILES string of the molecule is CCOc1cc(C2C(C(=O)c3cc4cc(Br)ccc4o3)=C(O)C(=O)N2CCCOC)ccc1O. The number of hydrogen-bond donors (Lipinski definition) is 2. The Labute approximate surface area is 204 Å². The quantitative estimate of drug-likeness (QED) is 0.299. The number of furan rings is 1. The molecule has 0 radical (unpaired) electrons. The van der Waals surface area contributed by atoms with Crippen LogP contribution in [-0.4, -0.2) is 53.7 Å². The molecule has 8 nitrogen and oxygen atoms in total. The maximum atomic E-state index is 13.6. The van der Waals surface area contributed by atoms with E-state index in [0.29, 0.717) is 36.2 Å². The van der Waals surface area contributed by atoms with Crippen molar-refractivity contribution in [3.05, 3.63) is 69.6 Å². The Bertz CT molecular complexity index is 1280. The number of hydrogen-bond acceptors (Lipinski definition) is 7. The molecule has 178 valence electrons. The molecule has 4 rings (SSSR count). The van der Waals surface area contributed by atoms with Crippen LogP contribution in [0.2, 0.25) is 0 Å². The van der Waals surface area contributed by atoms with E-state index in [1.54, 1.807) is 44.4 Å². The fraction of sp³-hybridized carbons (Fsp3) is 0.280. The lowest BCUT2D eigenvalue weighted by Gasteiger charge is -2.27. The van der Waals surface area contributed by atoms with Gasteiger partial charge in [0, 0.05) is 30.1 Å². The molecule has 2 heterocycles. The van der Waals surface area contributed by atoms with Crippen molar-refractivity contribution in [3.63, 3.8) is 0 Å². The summed E-state index contributed by atoms with van der Waals surface area (Å²) in [5.41, 5.74) is 0.930. The Balaban J connectivity index is 1.79. The van der Waals surface area contributed by atoms with E-state index >= 15 is 0 Å². The number of aliphatic hydroxyl groups excluding tert-OH is 1. The fourth-order valence-corrected chi connectivity index (χ4v) is 4.45. The van der Waals surface area contributed by atoms with Gasteiger partial charge in [-0.15, -0.1) is 0 Å². The van der Waals surface area contributed by atoms with Gasteiger partial charge in [0.05, 0.1) is 18.2 Å². The molecule has 0 saturated carbocycles. The number of carbonyl (C=O) groups is 2. The highest BCUT2D eigenvalue weighted by molar-refractivity contribution is 9.10. The molecule has 34 heavy (non-hydrogen) atoms. The zero-order valence-corrected chi connectivity index (χ0v) is 20.3. The molecular formula is C25H24BrNO7. The van der Waals surface area contributed by atoms with Gasteiger partial charge in [-0.2, -0.15) is 0 Å². The van der Waals surface area contributed by atoms with Crippen molar-refractivity contribution in [2.75, 3.05) is 26.9 Å². The number of methoxy groups -OCH3 is 1. The van der Waals surface area contributed by atoms with Crippen molar-refractivity contribution in [1.29, 1.82) is 0 Å². The third-order valence-corrected chi connectivity index (χ3v) is 6.09. The van der Waals surface area contributed by atoms with Crippen LogP contribution in [0.15, 0.2) is 62.7 Å². The molecule has 1 amide bonds. The molecule has 1 aliphatic heterocycles. The third-order valence-electron chi connectivity index (χ3n) is 5.60. The topological polar surface area (TPSA) is 109 Å². The summed E-state index contributed by atoms with van der Waals surface area (Å²) in [6.07, 6.45) is 0.503. The predicted octanol–water partition coefficient (Wildman–Crippen LogP) is 4.91. The molecule has 3 aromatic rings. The standard InChI is InChI=1S/C25H24BrNO7/c1-3-33-19-12-14(5-7-17(19)28)22-21(24(30)25(31)27(22)9-4-10-32-2)23(29)20-13-15-11-16(26)6-8-18(15)34-20/h5-8,11-13,22,28,30H,3-4,9-10H2,1-2H3. The molecule has 0 bridgehead atoms. The number of carbonyl (C=O) groups excluding carboxylic acids is 2. The highest BCUT2D eigenvalue weighted by Gasteiger charge is 2.44. The Morgan fingerprint density at radius 3 is 2.71 bits per heavy atom. The van der Waals surface area contributed by atoms with E-state index in [1.165, 1.54) is 11.0 Å². The average molecular weight is 530 g/mol. The van der Waals surface area contributed by atoms with Crippen LogP contribution in [0.3, 0.4) is 0 Å². The molecule has 9 heteroatoms. The predicted molar refractivity (Wildman–Crippen MR) is 128 cm³/mol. The Morgan fingerprint density at radius 1 is 1.18 bits per heavy atom. The van der Waals surface area contributed by atoms with E-state index in [-0.39, 0.29) is 29.4 Å². The second kappa shape index (κ2) is 9.90. The molecule has 1 atom stereocenters. The van der Waals surface area contributed by atoms with Crippen molar-refractivity contribution in [2.24, 2.45) is 0 Å². The molecule has 0 saturated heterocycles. The first-order chi connectivity index (χ1) is 16.3. The number of aliphatic hydroxyl groups is 1. The first-order valence-corrected chi connectivity index (χ1v) is 11.6. The largest absolute Gasteiger partial charge is 0.504 e. The van der Waals surface area contributed by atoms with Crippen molar-refractivity contribution >= 4 is 38.6 Å². The normalized spacial score (nSPS) is 16.0. The number of amides is 1. The summed E-state index contributed by atoms with van der Waals surface area (Å²) in [6, 6.07) is 10.6. The maximum absolute atomic E-state index is 13.6. The van der Waals surface area contributed by atoms with Crippen molar-refractivity contribution in [1.82, 2.24) is 4.90 Å². The third kappa shape index (κ3) is 4.41. The van der Waals surface area contributed by atoms with Crippen LogP contribution in [0, 0.1) is 0 Å². The zero-order valence-electron chi connectivity index (χ0n) is 18.7. The van der Waals surface area contributed by atoms with Crippen LogP contribution in [-0.2, 0) is 9.53 Å². The Morgan fingerprint density at radius 2 is 1.97 bits per heavy atom. The second-order valence-electron chi connectivity index (χ2n) is 7.79. The van der Waals surface area contributed by atoms with Gasteiger partial charge in [-0.1, -0.05) is 22.0 Å².